The molecule has 1 unspecified atom stereocenters. The number of piperazine rings is 1. The standard InChI is InChI=1S/C26H40N6O4S/c1-15(2)9-20-26(36)30(11-17-5-7-28-8-6-17)13-21-31(22(33)10-16(3)4)12-18(25(35)32(20)21)24-29-19(14-37-24)23(27)34/h14-18,20-21,28H,5-13H2,1-4H3,(H2,27,34)/t18-,20+,21?/m1/s1. The Morgan fingerprint density at radius 1 is 1.11 bits per heavy atom. The van der Waals surface area contributed by atoms with E-state index >= 15 is 0 Å². The first-order valence-corrected chi connectivity index (χ1v) is 14.3. The highest BCUT2D eigenvalue weighted by Gasteiger charge is 2.52. The van der Waals surface area contributed by atoms with Crippen LogP contribution in [0, 0.1) is 17.8 Å². The van der Waals surface area contributed by atoms with E-state index in [4.69, 9.17) is 5.73 Å². The molecule has 0 aliphatic carbocycles. The highest BCUT2D eigenvalue weighted by atomic mass is 32.1. The minimum Gasteiger partial charge on any atom is -0.364 e. The molecule has 4 rings (SSSR count). The van der Waals surface area contributed by atoms with E-state index in [-0.39, 0.29) is 41.8 Å². The number of primary amides is 1. The van der Waals surface area contributed by atoms with Crippen LogP contribution in [0.15, 0.2) is 5.38 Å². The zero-order valence-electron chi connectivity index (χ0n) is 22.3. The molecule has 0 saturated carbocycles. The summed E-state index contributed by atoms with van der Waals surface area (Å²) in [5, 5.41) is 5.37. The van der Waals surface area contributed by atoms with Crippen molar-refractivity contribution in [2.24, 2.45) is 23.5 Å². The van der Waals surface area contributed by atoms with Crippen molar-refractivity contribution in [2.75, 3.05) is 32.7 Å². The summed E-state index contributed by atoms with van der Waals surface area (Å²) in [6.07, 6.45) is 2.39. The Labute approximate surface area is 222 Å². The number of nitrogens with one attached hydrogen (secondary N) is 1. The lowest BCUT2D eigenvalue weighted by Crippen LogP contribution is -2.73. The van der Waals surface area contributed by atoms with Crippen molar-refractivity contribution in [3.05, 3.63) is 16.1 Å². The molecule has 10 nitrogen and oxygen atoms in total. The van der Waals surface area contributed by atoms with Crippen LogP contribution >= 0.6 is 11.3 Å². The maximum atomic E-state index is 14.0. The van der Waals surface area contributed by atoms with E-state index in [1.807, 2.05) is 32.6 Å². The summed E-state index contributed by atoms with van der Waals surface area (Å²) in [5.74, 6) is -0.919. The third-order valence-electron chi connectivity index (χ3n) is 7.54. The van der Waals surface area contributed by atoms with Gasteiger partial charge in [0.25, 0.3) is 5.91 Å². The molecular formula is C26H40N6O4S. The zero-order chi connectivity index (χ0) is 26.9. The first-order chi connectivity index (χ1) is 17.6. The fraction of sp³-hybridized carbons (Fsp3) is 0.731. The monoisotopic (exact) mass is 532 g/mol. The van der Waals surface area contributed by atoms with Crippen molar-refractivity contribution in [1.29, 1.82) is 0 Å². The Hall–Kier alpha value is -2.53. The number of thiazole rings is 1. The van der Waals surface area contributed by atoms with Gasteiger partial charge in [-0.2, -0.15) is 0 Å². The van der Waals surface area contributed by atoms with Crippen molar-refractivity contribution in [1.82, 2.24) is 25.0 Å². The molecule has 0 aromatic carbocycles. The second-order valence-electron chi connectivity index (χ2n) is 11.4. The Balaban J connectivity index is 1.70. The third-order valence-corrected chi connectivity index (χ3v) is 8.50. The Bertz CT molecular complexity index is 1020. The fourth-order valence-electron chi connectivity index (χ4n) is 5.72. The number of piperidine rings is 1. The van der Waals surface area contributed by atoms with E-state index in [0.29, 0.717) is 36.9 Å². The number of aromatic nitrogens is 1. The number of carbonyl (C=O) groups excluding carboxylic acids is 4. The van der Waals surface area contributed by atoms with Crippen LogP contribution in [0.1, 0.15) is 74.8 Å². The third kappa shape index (κ3) is 5.98. The number of hydrogen-bond acceptors (Lipinski definition) is 7. The summed E-state index contributed by atoms with van der Waals surface area (Å²) in [6, 6.07) is -0.638. The number of amides is 4. The summed E-state index contributed by atoms with van der Waals surface area (Å²) in [7, 11) is 0. The van der Waals surface area contributed by atoms with Crippen LogP contribution in [0.5, 0.6) is 0 Å². The molecule has 3 atom stereocenters. The molecule has 3 N–H and O–H groups in total. The van der Waals surface area contributed by atoms with Crippen LogP contribution in [0.2, 0.25) is 0 Å². The lowest BCUT2D eigenvalue weighted by atomic mass is 9.91. The molecule has 1 aromatic heterocycles. The molecule has 0 radical (unpaired) electrons. The van der Waals surface area contributed by atoms with Crippen molar-refractivity contribution in [3.63, 3.8) is 0 Å². The van der Waals surface area contributed by atoms with Gasteiger partial charge in [-0.3, -0.25) is 19.2 Å². The van der Waals surface area contributed by atoms with Crippen molar-refractivity contribution >= 4 is 35.0 Å². The molecular weight excluding hydrogens is 492 g/mol. The van der Waals surface area contributed by atoms with E-state index in [0.717, 1.165) is 25.9 Å². The van der Waals surface area contributed by atoms with Crippen LogP contribution in [-0.2, 0) is 14.4 Å². The molecule has 4 heterocycles. The molecule has 11 heteroatoms. The van der Waals surface area contributed by atoms with E-state index < -0.39 is 24.0 Å². The summed E-state index contributed by atoms with van der Waals surface area (Å²) in [5.41, 5.74) is 5.51. The number of fused-ring (bicyclic) bond motifs is 1. The van der Waals surface area contributed by atoms with Crippen molar-refractivity contribution < 1.29 is 19.2 Å². The molecule has 3 saturated heterocycles. The SMILES string of the molecule is CC(C)CC(=O)N1C[C@H](c2nc(C(N)=O)cs2)C(=O)N2C1CN(CC1CCNCC1)C(=O)[C@@H]2CC(C)C. The first kappa shape index (κ1) is 27.5. The van der Waals surface area contributed by atoms with Gasteiger partial charge in [-0.1, -0.05) is 27.7 Å². The Morgan fingerprint density at radius 2 is 1.81 bits per heavy atom. The fourth-order valence-corrected chi connectivity index (χ4v) is 6.61. The highest BCUT2D eigenvalue weighted by molar-refractivity contribution is 7.10. The summed E-state index contributed by atoms with van der Waals surface area (Å²) in [6.45, 7) is 11.1. The highest BCUT2D eigenvalue weighted by Crippen LogP contribution is 2.36. The molecule has 0 spiro atoms. The molecule has 0 bridgehead atoms. The topological polar surface area (TPSA) is 129 Å². The van der Waals surface area contributed by atoms with Gasteiger partial charge in [0.2, 0.25) is 17.7 Å². The number of rotatable bonds is 8. The first-order valence-electron chi connectivity index (χ1n) is 13.4. The van der Waals surface area contributed by atoms with Gasteiger partial charge in [-0.25, -0.2) is 4.98 Å². The molecule has 4 amide bonds. The molecule has 204 valence electrons. The van der Waals surface area contributed by atoms with E-state index in [1.165, 1.54) is 11.3 Å². The van der Waals surface area contributed by atoms with Crippen LogP contribution in [0.4, 0.5) is 0 Å². The summed E-state index contributed by atoms with van der Waals surface area (Å²) >= 11 is 1.20. The van der Waals surface area contributed by atoms with Crippen molar-refractivity contribution in [2.45, 2.75) is 71.5 Å². The van der Waals surface area contributed by atoms with Crippen LogP contribution < -0.4 is 11.1 Å². The number of carbonyl (C=O) groups is 4. The quantitative estimate of drug-likeness (QED) is 0.524. The summed E-state index contributed by atoms with van der Waals surface area (Å²) < 4.78 is 0. The maximum Gasteiger partial charge on any atom is 0.268 e. The van der Waals surface area contributed by atoms with Crippen molar-refractivity contribution in [3.8, 4) is 0 Å². The Morgan fingerprint density at radius 3 is 2.41 bits per heavy atom. The van der Waals surface area contributed by atoms with Crippen LogP contribution in [0.25, 0.3) is 0 Å². The predicted molar refractivity (Wildman–Crippen MR) is 141 cm³/mol. The second-order valence-corrected chi connectivity index (χ2v) is 12.3. The van der Waals surface area contributed by atoms with Gasteiger partial charge in [0.1, 0.15) is 28.8 Å². The normalized spacial score (nSPS) is 25.2. The van der Waals surface area contributed by atoms with E-state index in [2.05, 4.69) is 10.3 Å². The van der Waals surface area contributed by atoms with Gasteiger partial charge < -0.3 is 25.8 Å². The average molecular weight is 533 g/mol. The molecule has 1 aromatic rings. The molecule has 37 heavy (non-hydrogen) atoms. The van der Waals surface area contributed by atoms with E-state index in [9.17, 15) is 19.2 Å². The molecule has 3 aliphatic heterocycles. The smallest absolute Gasteiger partial charge is 0.268 e. The summed E-state index contributed by atoms with van der Waals surface area (Å²) in [4.78, 5) is 62.8. The second kappa shape index (κ2) is 11.5. The lowest BCUT2D eigenvalue weighted by molar-refractivity contribution is -0.177. The van der Waals surface area contributed by atoms with Gasteiger partial charge in [0.05, 0.1) is 6.54 Å². The minimum absolute atomic E-state index is 0.0337. The lowest BCUT2D eigenvalue weighted by Gasteiger charge is -2.54. The van der Waals surface area contributed by atoms with Gasteiger partial charge in [0, 0.05) is 24.9 Å². The van der Waals surface area contributed by atoms with E-state index in [1.54, 1.807) is 15.2 Å². The van der Waals surface area contributed by atoms with Gasteiger partial charge in [0.15, 0.2) is 0 Å². The minimum atomic E-state index is -0.733. The van der Waals surface area contributed by atoms with Gasteiger partial charge in [-0.05, 0) is 50.1 Å². The number of hydrogen-bond donors (Lipinski definition) is 2. The maximum absolute atomic E-state index is 14.0. The molecule has 3 aliphatic rings. The van der Waals surface area contributed by atoms with Gasteiger partial charge in [-0.15, -0.1) is 11.3 Å². The van der Waals surface area contributed by atoms with Crippen LogP contribution in [-0.4, -0.2) is 88.2 Å². The predicted octanol–water partition coefficient (Wildman–Crippen LogP) is 1.63. The Kier molecular flexibility index (Phi) is 8.52. The number of nitrogens with two attached hydrogens (primary N) is 1. The van der Waals surface area contributed by atoms with Gasteiger partial charge >= 0.3 is 0 Å². The average Bonchev–Trinajstić information content (AvgIpc) is 3.32. The molecule has 3 fully saturated rings. The van der Waals surface area contributed by atoms with Crippen LogP contribution in [0.3, 0.4) is 0 Å². The largest absolute Gasteiger partial charge is 0.364 e. The zero-order valence-corrected chi connectivity index (χ0v) is 23.1. The number of nitrogens with zero attached hydrogens (tertiary/aromatic N) is 4.